The first kappa shape index (κ1) is 8.96. The van der Waals surface area contributed by atoms with E-state index in [9.17, 15) is 4.79 Å². The molecule has 14 heavy (non-hydrogen) atoms. The zero-order valence-electron chi connectivity index (χ0n) is 8.11. The molecule has 0 aromatic carbocycles. The largest absolute Gasteiger partial charge is 0.336 e. The van der Waals surface area contributed by atoms with E-state index >= 15 is 0 Å². The number of rotatable bonds is 0. The lowest BCUT2D eigenvalue weighted by Crippen LogP contribution is -2.55. The lowest BCUT2D eigenvalue weighted by Gasteiger charge is -2.39. The monoisotopic (exact) mass is 192 g/mol. The van der Waals surface area contributed by atoms with Gasteiger partial charge in [-0.15, -0.1) is 0 Å². The third-order valence-corrected chi connectivity index (χ3v) is 2.45. The van der Waals surface area contributed by atoms with Crippen LogP contribution in [0, 0.1) is 0 Å². The first-order valence-electron chi connectivity index (χ1n) is 4.35. The predicted octanol–water partition coefficient (Wildman–Crippen LogP) is 1.04. The molecule has 0 radical (unpaired) electrons. The maximum absolute atomic E-state index is 11.4. The number of hydrazine groups is 1. The van der Waals surface area contributed by atoms with Gasteiger partial charge >= 0.3 is 6.03 Å². The molecule has 2 rings (SSSR count). The maximum atomic E-state index is 11.4. The summed E-state index contributed by atoms with van der Waals surface area (Å²) in [6, 6.07) is 3.28. The molecule has 0 saturated heterocycles. The van der Waals surface area contributed by atoms with E-state index < -0.39 is 5.54 Å². The van der Waals surface area contributed by atoms with Crippen molar-refractivity contribution in [3.05, 3.63) is 24.0 Å². The molecule has 0 aliphatic carbocycles. The Labute approximate surface area is 81.9 Å². The molecular formula is C9H12N4O. The molecule has 5 nitrogen and oxygen atoms in total. The van der Waals surface area contributed by atoms with Crippen molar-refractivity contribution < 1.29 is 4.79 Å². The van der Waals surface area contributed by atoms with Crippen LogP contribution in [0.5, 0.6) is 0 Å². The lowest BCUT2D eigenvalue weighted by atomic mass is 9.96. The molecule has 3 N–H and O–H groups in total. The van der Waals surface area contributed by atoms with Crippen molar-refractivity contribution in [1.29, 1.82) is 0 Å². The van der Waals surface area contributed by atoms with Gasteiger partial charge in [0.05, 0.1) is 16.9 Å². The Morgan fingerprint density at radius 2 is 2.29 bits per heavy atom. The van der Waals surface area contributed by atoms with E-state index in [2.05, 4.69) is 10.3 Å². The highest BCUT2D eigenvalue weighted by Gasteiger charge is 2.38. The molecule has 0 saturated carbocycles. The van der Waals surface area contributed by atoms with Crippen LogP contribution < -0.4 is 11.2 Å². The van der Waals surface area contributed by atoms with Gasteiger partial charge < -0.3 is 5.32 Å². The van der Waals surface area contributed by atoms with Crippen molar-refractivity contribution in [2.75, 3.05) is 5.32 Å². The number of amides is 2. The van der Waals surface area contributed by atoms with Crippen LogP contribution in [0.2, 0.25) is 0 Å². The fourth-order valence-corrected chi connectivity index (χ4v) is 1.54. The van der Waals surface area contributed by atoms with Gasteiger partial charge in [-0.05, 0) is 26.0 Å². The van der Waals surface area contributed by atoms with Crippen molar-refractivity contribution >= 4 is 11.7 Å². The van der Waals surface area contributed by atoms with Gasteiger partial charge in [-0.1, -0.05) is 0 Å². The average Bonchev–Trinajstić information content (AvgIpc) is 2.15. The minimum Gasteiger partial charge on any atom is -0.305 e. The topological polar surface area (TPSA) is 71.2 Å². The van der Waals surface area contributed by atoms with Crippen LogP contribution >= 0.6 is 0 Å². The van der Waals surface area contributed by atoms with Gasteiger partial charge in [0.1, 0.15) is 0 Å². The molecule has 2 amide bonds. The molecule has 1 aromatic rings. The third kappa shape index (κ3) is 1.06. The van der Waals surface area contributed by atoms with E-state index in [0.29, 0.717) is 0 Å². The van der Waals surface area contributed by atoms with Crippen molar-refractivity contribution in [1.82, 2.24) is 9.99 Å². The zero-order valence-corrected chi connectivity index (χ0v) is 8.11. The highest BCUT2D eigenvalue weighted by Crippen LogP contribution is 2.33. The fraction of sp³-hybridized carbons (Fsp3) is 0.333. The first-order chi connectivity index (χ1) is 6.53. The number of nitrogens with zero attached hydrogens (tertiary/aromatic N) is 2. The summed E-state index contributed by atoms with van der Waals surface area (Å²) in [5, 5.41) is 3.82. The number of aromatic nitrogens is 1. The molecule has 1 aliphatic rings. The average molecular weight is 192 g/mol. The second-order valence-corrected chi connectivity index (χ2v) is 3.76. The number of carbonyl (C=O) groups excluding carboxylic acids is 1. The van der Waals surface area contributed by atoms with Gasteiger partial charge in [-0.3, -0.25) is 9.99 Å². The number of carbonyl (C=O) groups is 1. The molecule has 0 bridgehead atoms. The van der Waals surface area contributed by atoms with Crippen LogP contribution in [0.4, 0.5) is 10.5 Å². The highest BCUT2D eigenvalue weighted by molar-refractivity contribution is 5.92. The summed E-state index contributed by atoms with van der Waals surface area (Å²) in [5.74, 6) is 5.65. The van der Waals surface area contributed by atoms with E-state index in [4.69, 9.17) is 5.84 Å². The number of anilines is 1. The summed E-state index contributed by atoms with van der Waals surface area (Å²) in [4.78, 5) is 15.7. The zero-order chi connectivity index (χ0) is 10.3. The number of fused-ring (bicyclic) bond motifs is 1. The van der Waals surface area contributed by atoms with Gasteiger partial charge in [0.25, 0.3) is 0 Å². The van der Waals surface area contributed by atoms with E-state index in [1.807, 2.05) is 19.9 Å². The van der Waals surface area contributed by atoms with Gasteiger partial charge in [-0.25, -0.2) is 10.6 Å². The summed E-state index contributed by atoms with van der Waals surface area (Å²) in [7, 11) is 0. The molecule has 1 aliphatic heterocycles. The number of pyridine rings is 1. The minimum atomic E-state index is -0.571. The van der Waals surface area contributed by atoms with E-state index in [-0.39, 0.29) is 6.03 Å². The van der Waals surface area contributed by atoms with Crippen LogP contribution in [0.1, 0.15) is 19.5 Å². The van der Waals surface area contributed by atoms with Gasteiger partial charge in [0.2, 0.25) is 0 Å². The molecule has 0 atom stereocenters. The molecule has 1 aromatic heterocycles. The van der Waals surface area contributed by atoms with E-state index in [1.54, 1.807) is 12.3 Å². The van der Waals surface area contributed by atoms with Crippen molar-refractivity contribution in [3.63, 3.8) is 0 Å². The molecule has 5 heteroatoms. The lowest BCUT2D eigenvalue weighted by molar-refractivity contribution is 0.139. The van der Waals surface area contributed by atoms with Crippen LogP contribution in [-0.4, -0.2) is 16.0 Å². The summed E-state index contributed by atoms with van der Waals surface area (Å²) in [5.41, 5.74) is 0.935. The number of hydrogen-bond donors (Lipinski definition) is 2. The third-order valence-electron chi connectivity index (χ3n) is 2.45. The predicted molar refractivity (Wildman–Crippen MR) is 52.3 cm³/mol. The maximum Gasteiger partial charge on any atom is 0.336 e. The number of nitrogens with one attached hydrogen (secondary N) is 1. The standard InChI is InChI=1S/C9H12N4O/c1-9(2)7-6(4-3-5-11-7)12-8(14)13(9)10/h3-5H,10H2,1-2H3,(H,12,14). The van der Waals surface area contributed by atoms with Crippen molar-refractivity contribution in [2.24, 2.45) is 5.84 Å². The van der Waals surface area contributed by atoms with Crippen LogP contribution in [0.25, 0.3) is 0 Å². The van der Waals surface area contributed by atoms with Gasteiger partial charge in [0.15, 0.2) is 0 Å². The first-order valence-corrected chi connectivity index (χ1v) is 4.35. The number of nitrogens with two attached hydrogens (primary N) is 1. The normalized spacial score (nSPS) is 18.8. The summed E-state index contributed by atoms with van der Waals surface area (Å²) < 4.78 is 0. The Hall–Kier alpha value is -1.62. The molecule has 74 valence electrons. The fourth-order valence-electron chi connectivity index (χ4n) is 1.54. The van der Waals surface area contributed by atoms with Crippen LogP contribution in [-0.2, 0) is 5.54 Å². The second kappa shape index (κ2) is 2.68. The Kier molecular flexibility index (Phi) is 1.72. The second-order valence-electron chi connectivity index (χ2n) is 3.76. The molecule has 0 unspecified atom stereocenters. The van der Waals surface area contributed by atoms with Crippen LogP contribution in [0.15, 0.2) is 18.3 Å². The van der Waals surface area contributed by atoms with Crippen molar-refractivity contribution in [3.8, 4) is 0 Å². The smallest absolute Gasteiger partial charge is 0.305 e. The van der Waals surface area contributed by atoms with Crippen molar-refractivity contribution in [2.45, 2.75) is 19.4 Å². The van der Waals surface area contributed by atoms with Crippen LogP contribution in [0.3, 0.4) is 0 Å². The Morgan fingerprint density at radius 3 is 3.00 bits per heavy atom. The SMILES string of the molecule is CC1(C)c2ncccc2NC(=O)N1N. The summed E-state index contributed by atoms with van der Waals surface area (Å²) in [6.07, 6.45) is 1.69. The van der Waals surface area contributed by atoms with Gasteiger partial charge in [-0.2, -0.15) is 0 Å². The van der Waals surface area contributed by atoms with E-state index in [1.165, 1.54) is 0 Å². The molecule has 0 spiro atoms. The van der Waals surface area contributed by atoms with Gasteiger partial charge in [0, 0.05) is 6.20 Å². The quantitative estimate of drug-likeness (QED) is 0.476. The van der Waals surface area contributed by atoms with E-state index in [0.717, 1.165) is 16.4 Å². The molecular weight excluding hydrogens is 180 g/mol. The number of urea groups is 1. The molecule has 2 heterocycles. The summed E-state index contributed by atoms with van der Waals surface area (Å²) in [6.45, 7) is 3.72. The Morgan fingerprint density at radius 1 is 1.57 bits per heavy atom. The number of hydrogen-bond acceptors (Lipinski definition) is 3. The molecule has 0 fully saturated rings. The minimum absolute atomic E-state index is 0.310. The highest BCUT2D eigenvalue weighted by atomic mass is 16.2. The Bertz CT molecular complexity index is 388. The summed E-state index contributed by atoms with van der Waals surface area (Å²) >= 11 is 0. The Balaban J connectivity index is 2.59.